The Morgan fingerprint density at radius 1 is 1.07 bits per heavy atom. The molecular weight excluding hydrogens is 377 g/mol. The van der Waals surface area contributed by atoms with Crippen LogP contribution < -0.4 is 5.32 Å². The number of nitrogens with one attached hydrogen (secondary N) is 1. The summed E-state index contributed by atoms with van der Waals surface area (Å²) in [6, 6.07) is 6.52. The summed E-state index contributed by atoms with van der Waals surface area (Å²) in [4.78, 5) is 16.5. The monoisotopic (exact) mass is 404 g/mol. The molecule has 0 unspecified atom stereocenters. The molecule has 0 spiro atoms. The summed E-state index contributed by atoms with van der Waals surface area (Å²) in [5, 5.41) is 3.24. The molecule has 156 valence electrons. The van der Waals surface area contributed by atoms with Crippen LogP contribution in [0, 0.1) is 23.6 Å². The van der Waals surface area contributed by atoms with Gasteiger partial charge in [-0.2, -0.15) is 8.78 Å². The van der Waals surface area contributed by atoms with Gasteiger partial charge in [-0.1, -0.05) is 0 Å². The Morgan fingerprint density at radius 2 is 1.72 bits per heavy atom. The van der Waals surface area contributed by atoms with Gasteiger partial charge in [0.15, 0.2) is 0 Å². The lowest BCUT2D eigenvalue weighted by Crippen LogP contribution is -2.51. The average molecular weight is 404 g/mol. The number of alkyl halides is 2. The third-order valence-corrected chi connectivity index (χ3v) is 6.50. The van der Waals surface area contributed by atoms with Crippen LogP contribution >= 0.6 is 0 Å². The van der Waals surface area contributed by atoms with Gasteiger partial charge in [-0.05, 0) is 94.0 Å². The van der Waals surface area contributed by atoms with E-state index in [0.717, 1.165) is 29.3 Å². The number of benzene rings is 1. The second-order valence-corrected chi connectivity index (χ2v) is 9.75. The number of amides is 1. The number of pyridine rings is 1. The predicted molar refractivity (Wildman–Crippen MR) is 106 cm³/mol. The molecule has 3 nitrogen and oxygen atoms in total. The largest absolute Gasteiger partial charge is 0.346 e. The summed E-state index contributed by atoms with van der Waals surface area (Å²) >= 11 is 0. The molecule has 0 aliphatic heterocycles. The van der Waals surface area contributed by atoms with Crippen molar-refractivity contribution in [1.29, 1.82) is 0 Å². The predicted octanol–water partition coefficient (Wildman–Crippen LogP) is 5.44. The van der Waals surface area contributed by atoms with Gasteiger partial charge in [0.05, 0.1) is 5.52 Å². The number of aromatic nitrogens is 1. The lowest BCUT2D eigenvalue weighted by Gasteiger charge is -2.28. The fourth-order valence-corrected chi connectivity index (χ4v) is 5.27. The van der Waals surface area contributed by atoms with E-state index in [2.05, 4.69) is 10.3 Å². The number of fused-ring (bicyclic) bond motifs is 2. The zero-order valence-electron chi connectivity index (χ0n) is 17.0. The van der Waals surface area contributed by atoms with E-state index in [-0.39, 0.29) is 23.6 Å². The minimum absolute atomic E-state index is 0.176. The molecule has 2 aliphatic rings. The molecule has 1 amide bonds. The van der Waals surface area contributed by atoms with Gasteiger partial charge in [0.25, 0.3) is 5.91 Å². The highest BCUT2D eigenvalue weighted by Crippen LogP contribution is 2.56. The highest BCUT2D eigenvalue weighted by Gasteiger charge is 2.55. The Bertz CT molecular complexity index is 923. The van der Waals surface area contributed by atoms with Crippen molar-refractivity contribution in [2.45, 2.75) is 63.8 Å². The average Bonchev–Trinajstić information content (AvgIpc) is 3.19. The molecule has 0 saturated heterocycles. The van der Waals surface area contributed by atoms with E-state index in [1.54, 1.807) is 33.0 Å². The molecule has 1 heterocycles. The Balaban J connectivity index is 1.48. The van der Waals surface area contributed by atoms with Crippen LogP contribution in [0.5, 0.6) is 0 Å². The molecule has 1 N–H and O–H groups in total. The topological polar surface area (TPSA) is 42.0 Å². The maximum Gasteiger partial charge on any atom is 0.327 e. The Hall–Kier alpha value is -2.11. The number of rotatable bonds is 3. The molecule has 4 rings (SSSR count). The molecule has 0 radical (unpaired) electrons. The maximum absolute atomic E-state index is 14.8. The quantitative estimate of drug-likeness (QED) is 0.740. The van der Waals surface area contributed by atoms with Gasteiger partial charge in [0, 0.05) is 23.0 Å². The summed E-state index contributed by atoms with van der Waals surface area (Å²) in [7, 11) is 0. The first-order chi connectivity index (χ1) is 13.5. The zero-order chi connectivity index (χ0) is 21.0. The molecule has 4 atom stereocenters. The number of carbonyl (C=O) groups excluding carboxylic acids is 1. The van der Waals surface area contributed by atoms with E-state index < -0.39 is 23.3 Å². The number of nitrogens with zero attached hydrogens (tertiary/aromatic N) is 1. The molecule has 2 fully saturated rings. The summed E-state index contributed by atoms with van der Waals surface area (Å²) < 4.78 is 43.3. The first kappa shape index (κ1) is 20.2. The van der Waals surface area contributed by atoms with Gasteiger partial charge in [-0.3, -0.25) is 9.78 Å². The molecule has 2 aliphatic carbocycles. The maximum atomic E-state index is 14.8. The van der Waals surface area contributed by atoms with Crippen LogP contribution in [0.2, 0.25) is 0 Å². The smallest absolute Gasteiger partial charge is 0.327 e. The fourth-order valence-electron chi connectivity index (χ4n) is 5.27. The van der Waals surface area contributed by atoms with Gasteiger partial charge >= 0.3 is 5.92 Å². The molecule has 2 saturated carbocycles. The van der Waals surface area contributed by atoms with Crippen molar-refractivity contribution in [3.05, 3.63) is 41.8 Å². The SMILES string of the molecule is CC(C)(C)NC(=O)C(F)(F)[C@@H]1C[C@H]2C[C@@H](c3ccnc4ccc(F)cc34)C[C@H]2C1. The van der Waals surface area contributed by atoms with Gasteiger partial charge in [0.1, 0.15) is 5.82 Å². The third-order valence-electron chi connectivity index (χ3n) is 6.50. The molecular formula is C23H27F3N2O. The van der Waals surface area contributed by atoms with Crippen molar-refractivity contribution in [2.75, 3.05) is 0 Å². The van der Waals surface area contributed by atoms with Crippen LogP contribution in [-0.4, -0.2) is 22.4 Å². The minimum atomic E-state index is -3.35. The van der Waals surface area contributed by atoms with Gasteiger partial charge in [0.2, 0.25) is 0 Å². The zero-order valence-corrected chi connectivity index (χ0v) is 17.0. The Labute approximate surface area is 169 Å². The summed E-state index contributed by atoms with van der Waals surface area (Å²) in [6.45, 7) is 5.12. The molecule has 2 aromatic rings. The van der Waals surface area contributed by atoms with Crippen LogP contribution in [0.15, 0.2) is 30.5 Å². The molecule has 1 aromatic heterocycles. The summed E-state index contributed by atoms with van der Waals surface area (Å²) in [5.74, 6) is -5.15. The fraction of sp³-hybridized carbons (Fsp3) is 0.565. The van der Waals surface area contributed by atoms with E-state index in [4.69, 9.17) is 0 Å². The number of hydrogen-bond donors (Lipinski definition) is 1. The van der Waals surface area contributed by atoms with E-state index in [1.807, 2.05) is 6.07 Å². The first-order valence-corrected chi connectivity index (χ1v) is 10.3. The van der Waals surface area contributed by atoms with Crippen molar-refractivity contribution >= 4 is 16.8 Å². The number of hydrogen-bond acceptors (Lipinski definition) is 2. The standard InChI is InChI=1S/C23H27F3N2O/c1-22(2,3)28-21(29)23(25,26)16-10-13-8-15(9-14(13)11-16)18-6-7-27-20-5-4-17(24)12-19(18)20/h4-7,12-16H,8-11H2,1-3H3,(H,28,29)/t13-,14+,15-,16-. The lowest BCUT2D eigenvalue weighted by molar-refractivity contribution is -0.155. The Kier molecular flexibility index (Phi) is 4.87. The molecule has 29 heavy (non-hydrogen) atoms. The lowest BCUT2D eigenvalue weighted by atomic mass is 9.88. The normalized spacial score (nSPS) is 27.2. The van der Waals surface area contributed by atoms with Crippen molar-refractivity contribution < 1.29 is 18.0 Å². The second-order valence-electron chi connectivity index (χ2n) is 9.75. The van der Waals surface area contributed by atoms with Crippen molar-refractivity contribution in [3.8, 4) is 0 Å². The van der Waals surface area contributed by atoms with E-state index >= 15 is 0 Å². The summed E-state index contributed by atoms with van der Waals surface area (Å²) in [6.07, 6.45) is 4.06. The minimum Gasteiger partial charge on any atom is -0.346 e. The highest BCUT2D eigenvalue weighted by atomic mass is 19.3. The van der Waals surface area contributed by atoms with Crippen LogP contribution in [-0.2, 0) is 4.79 Å². The van der Waals surface area contributed by atoms with E-state index in [1.165, 1.54) is 12.1 Å². The van der Waals surface area contributed by atoms with Crippen molar-refractivity contribution in [2.24, 2.45) is 17.8 Å². The molecule has 0 bridgehead atoms. The molecule has 6 heteroatoms. The van der Waals surface area contributed by atoms with Crippen LogP contribution in [0.1, 0.15) is 57.9 Å². The van der Waals surface area contributed by atoms with E-state index in [0.29, 0.717) is 12.8 Å². The Morgan fingerprint density at radius 3 is 2.34 bits per heavy atom. The molecule has 1 aromatic carbocycles. The number of carbonyl (C=O) groups is 1. The first-order valence-electron chi connectivity index (χ1n) is 10.3. The van der Waals surface area contributed by atoms with E-state index in [9.17, 15) is 18.0 Å². The van der Waals surface area contributed by atoms with Gasteiger partial charge in [-0.25, -0.2) is 4.39 Å². The van der Waals surface area contributed by atoms with Gasteiger partial charge in [-0.15, -0.1) is 0 Å². The summed E-state index contributed by atoms with van der Waals surface area (Å²) in [5.41, 5.74) is 1.12. The van der Waals surface area contributed by atoms with Crippen molar-refractivity contribution in [3.63, 3.8) is 0 Å². The highest BCUT2D eigenvalue weighted by molar-refractivity contribution is 5.84. The van der Waals surface area contributed by atoms with Crippen LogP contribution in [0.25, 0.3) is 10.9 Å². The third kappa shape index (κ3) is 3.86. The van der Waals surface area contributed by atoms with Crippen LogP contribution in [0.4, 0.5) is 13.2 Å². The number of halogens is 3. The second kappa shape index (κ2) is 6.99. The van der Waals surface area contributed by atoms with Gasteiger partial charge < -0.3 is 5.32 Å². The van der Waals surface area contributed by atoms with Crippen LogP contribution in [0.3, 0.4) is 0 Å². The van der Waals surface area contributed by atoms with Crippen molar-refractivity contribution in [1.82, 2.24) is 10.3 Å².